The summed E-state index contributed by atoms with van der Waals surface area (Å²) in [6, 6.07) is 13.4. The number of rotatable bonds is 7. The first kappa shape index (κ1) is 22.0. The number of allylic oxidation sites excluding steroid dienone is 2. The lowest BCUT2D eigenvalue weighted by atomic mass is 9.96. The van der Waals surface area contributed by atoms with Crippen molar-refractivity contribution < 1.29 is 19.0 Å². The van der Waals surface area contributed by atoms with E-state index in [0.29, 0.717) is 29.5 Å². The average Bonchev–Trinajstić information content (AvgIpc) is 3.28. The maximum absolute atomic E-state index is 13.1. The minimum Gasteiger partial charge on any atom is -0.489 e. The van der Waals surface area contributed by atoms with E-state index in [1.165, 1.54) is 12.1 Å². The van der Waals surface area contributed by atoms with Crippen molar-refractivity contribution >= 4 is 28.7 Å². The monoisotopic (exact) mass is 451 g/mol. The fraction of sp³-hybridized carbons (Fsp3) is 0.231. The van der Waals surface area contributed by atoms with Crippen LogP contribution in [0, 0.1) is 5.82 Å². The van der Waals surface area contributed by atoms with Crippen LogP contribution >= 0.6 is 11.6 Å². The minimum atomic E-state index is -0.967. The Morgan fingerprint density at radius 3 is 2.59 bits per heavy atom. The standard InChI is InChI=1S/C26H23ClFNO3/c1-2-25-23(26(30)31)12-17(14-29-25)20-4-3-5-21(20)22-13-19(10-11-24(22)27)32-15-16-6-8-18(28)9-7-16/h6-14H,2-5,15H2,1H3,(H,30,31). The molecule has 32 heavy (non-hydrogen) atoms. The summed E-state index contributed by atoms with van der Waals surface area (Å²) in [4.78, 5) is 16.1. The molecular weight excluding hydrogens is 429 g/mol. The van der Waals surface area contributed by atoms with E-state index in [-0.39, 0.29) is 11.4 Å². The molecule has 0 spiro atoms. The third-order valence-electron chi connectivity index (χ3n) is 5.68. The normalized spacial score (nSPS) is 13.5. The number of aromatic nitrogens is 1. The largest absolute Gasteiger partial charge is 0.489 e. The van der Waals surface area contributed by atoms with Gasteiger partial charge in [-0.3, -0.25) is 4.98 Å². The Morgan fingerprint density at radius 2 is 1.88 bits per heavy atom. The maximum atomic E-state index is 13.1. The Bertz CT molecular complexity index is 1190. The Labute approximate surface area is 191 Å². The third kappa shape index (κ3) is 4.68. The van der Waals surface area contributed by atoms with Gasteiger partial charge in [-0.2, -0.15) is 0 Å². The summed E-state index contributed by atoms with van der Waals surface area (Å²) in [6.45, 7) is 2.21. The lowest BCUT2D eigenvalue weighted by Gasteiger charge is -2.14. The molecular formula is C26H23ClFNO3. The van der Waals surface area contributed by atoms with Crippen molar-refractivity contribution in [1.82, 2.24) is 4.98 Å². The molecule has 4 nitrogen and oxygen atoms in total. The van der Waals surface area contributed by atoms with Gasteiger partial charge >= 0.3 is 5.97 Å². The van der Waals surface area contributed by atoms with Crippen LogP contribution in [0.25, 0.3) is 11.1 Å². The summed E-state index contributed by atoms with van der Waals surface area (Å²) < 4.78 is 19.0. The lowest BCUT2D eigenvalue weighted by Crippen LogP contribution is -2.05. The zero-order valence-corrected chi connectivity index (χ0v) is 18.5. The number of hydrogen-bond acceptors (Lipinski definition) is 3. The lowest BCUT2D eigenvalue weighted by molar-refractivity contribution is 0.0695. The molecule has 1 aliphatic rings. The molecule has 6 heteroatoms. The van der Waals surface area contributed by atoms with Crippen LogP contribution in [0.5, 0.6) is 5.75 Å². The highest BCUT2D eigenvalue weighted by atomic mass is 35.5. The molecule has 0 bridgehead atoms. The van der Waals surface area contributed by atoms with Gasteiger partial charge < -0.3 is 9.84 Å². The number of aryl methyl sites for hydroxylation is 1. The van der Waals surface area contributed by atoms with Crippen molar-refractivity contribution in [3.8, 4) is 5.75 Å². The number of carboxylic acid groups (broad SMARTS) is 1. The Morgan fingerprint density at radius 1 is 1.12 bits per heavy atom. The number of benzene rings is 2. The summed E-state index contributed by atoms with van der Waals surface area (Å²) in [5.41, 5.74) is 5.55. The molecule has 0 radical (unpaired) electrons. The van der Waals surface area contributed by atoms with E-state index in [1.54, 1.807) is 30.5 Å². The van der Waals surface area contributed by atoms with Crippen molar-refractivity contribution in [2.24, 2.45) is 0 Å². The molecule has 0 saturated carbocycles. The van der Waals surface area contributed by atoms with E-state index < -0.39 is 5.97 Å². The number of aromatic carboxylic acids is 1. The van der Waals surface area contributed by atoms with Gasteiger partial charge in [-0.25, -0.2) is 9.18 Å². The predicted octanol–water partition coefficient (Wildman–Crippen LogP) is 6.81. The smallest absolute Gasteiger partial charge is 0.337 e. The van der Waals surface area contributed by atoms with Crippen molar-refractivity contribution in [3.63, 3.8) is 0 Å². The highest BCUT2D eigenvalue weighted by Gasteiger charge is 2.22. The zero-order chi connectivity index (χ0) is 22.7. The van der Waals surface area contributed by atoms with E-state index in [1.807, 2.05) is 19.1 Å². The van der Waals surface area contributed by atoms with Crippen LogP contribution in [0.1, 0.15) is 58.9 Å². The SMILES string of the molecule is CCc1ncc(C2=C(c3cc(OCc4ccc(F)cc4)ccc3Cl)CCC2)cc1C(=O)O. The fourth-order valence-corrected chi connectivity index (χ4v) is 4.29. The van der Waals surface area contributed by atoms with E-state index in [4.69, 9.17) is 16.3 Å². The van der Waals surface area contributed by atoms with Crippen LogP contribution < -0.4 is 4.74 Å². The van der Waals surface area contributed by atoms with Crippen LogP contribution in [0.4, 0.5) is 4.39 Å². The van der Waals surface area contributed by atoms with Gasteiger partial charge in [0.1, 0.15) is 18.2 Å². The molecule has 0 fully saturated rings. The van der Waals surface area contributed by atoms with Crippen molar-refractivity contribution in [1.29, 1.82) is 0 Å². The molecule has 0 aliphatic heterocycles. The van der Waals surface area contributed by atoms with E-state index in [9.17, 15) is 14.3 Å². The van der Waals surface area contributed by atoms with Crippen molar-refractivity contribution in [2.75, 3.05) is 0 Å². The number of carbonyl (C=O) groups is 1. The summed E-state index contributed by atoms with van der Waals surface area (Å²) in [7, 11) is 0. The Hall–Kier alpha value is -3.18. The maximum Gasteiger partial charge on any atom is 0.337 e. The summed E-state index contributed by atoms with van der Waals surface area (Å²) in [5.74, 6) is -0.584. The van der Waals surface area contributed by atoms with Gasteiger partial charge in [0, 0.05) is 16.8 Å². The van der Waals surface area contributed by atoms with Crippen LogP contribution in [0.15, 0.2) is 54.7 Å². The molecule has 0 saturated heterocycles. The molecule has 1 aliphatic carbocycles. The molecule has 164 valence electrons. The Balaban J connectivity index is 1.66. The van der Waals surface area contributed by atoms with Gasteiger partial charge in [-0.15, -0.1) is 0 Å². The highest BCUT2D eigenvalue weighted by Crippen LogP contribution is 2.43. The van der Waals surface area contributed by atoms with E-state index in [0.717, 1.165) is 47.1 Å². The molecule has 1 aromatic heterocycles. The first-order valence-corrected chi connectivity index (χ1v) is 11.0. The van der Waals surface area contributed by atoms with Gasteiger partial charge in [0.2, 0.25) is 0 Å². The first-order valence-electron chi connectivity index (χ1n) is 10.6. The van der Waals surface area contributed by atoms with Gasteiger partial charge in [0.15, 0.2) is 0 Å². The molecule has 0 amide bonds. The number of pyridine rings is 1. The summed E-state index contributed by atoms with van der Waals surface area (Å²) in [5, 5.41) is 10.2. The second-order valence-corrected chi connectivity index (χ2v) is 8.15. The van der Waals surface area contributed by atoms with Crippen LogP contribution in [-0.4, -0.2) is 16.1 Å². The first-order chi connectivity index (χ1) is 15.5. The number of hydrogen-bond donors (Lipinski definition) is 1. The predicted molar refractivity (Wildman–Crippen MR) is 123 cm³/mol. The van der Waals surface area contributed by atoms with Crippen LogP contribution in [0.2, 0.25) is 5.02 Å². The average molecular weight is 452 g/mol. The zero-order valence-electron chi connectivity index (χ0n) is 17.7. The number of ether oxygens (including phenoxy) is 1. The third-order valence-corrected chi connectivity index (χ3v) is 6.01. The molecule has 3 aromatic rings. The molecule has 2 aromatic carbocycles. The van der Waals surface area contributed by atoms with Crippen LogP contribution in [-0.2, 0) is 13.0 Å². The highest BCUT2D eigenvalue weighted by molar-refractivity contribution is 6.32. The van der Waals surface area contributed by atoms with E-state index in [2.05, 4.69) is 4.98 Å². The van der Waals surface area contributed by atoms with Gasteiger partial charge in [-0.05, 0) is 84.4 Å². The second kappa shape index (κ2) is 9.53. The summed E-state index contributed by atoms with van der Waals surface area (Å²) >= 11 is 6.55. The topological polar surface area (TPSA) is 59.4 Å². The van der Waals surface area contributed by atoms with Gasteiger partial charge in [-0.1, -0.05) is 30.7 Å². The molecule has 1 heterocycles. The Kier molecular flexibility index (Phi) is 6.56. The molecule has 0 unspecified atom stereocenters. The van der Waals surface area contributed by atoms with Gasteiger partial charge in [0.05, 0.1) is 11.3 Å². The summed E-state index contributed by atoms with van der Waals surface area (Å²) in [6.07, 6.45) is 4.95. The molecule has 4 rings (SSSR count). The molecule has 0 atom stereocenters. The van der Waals surface area contributed by atoms with Crippen molar-refractivity contribution in [2.45, 2.75) is 39.2 Å². The van der Waals surface area contributed by atoms with E-state index >= 15 is 0 Å². The number of carboxylic acids is 1. The minimum absolute atomic E-state index is 0.242. The number of halogens is 2. The van der Waals surface area contributed by atoms with Crippen molar-refractivity contribution in [3.05, 3.63) is 93.5 Å². The second-order valence-electron chi connectivity index (χ2n) is 7.74. The molecule has 1 N–H and O–H groups in total. The van der Waals surface area contributed by atoms with Crippen LogP contribution in [0.3, 0.4) is 0 Å². The number of nitrogens with zero attached hydrogens (tertiary/aromatic N) is 1. The van der Waals surface area contributed by atoms with Gasteiger partial charge in [0.25, 0.3) is 0 Å². The fourth-order valence-electron chi connectivity index (χ4n) is 4.06. The quantitative estimate of drug-likeness (QED) is 0.428.